The molecule has 0 atom stereocenters. The number of rotatable bonds is 8. The van der Waals surface area contributed by atoms with Crippen molar-refractivity contribution in [3.05, 3.63) is 114 Å². The van der Waals surface area contributed by atoms with Crippen LogP contribution in [0.2, 0.25) is 0 Å². The van der Waals surface area contributed by atoms with Gasteiger partial charge in [0.1, 0.15) is 0 Å². The molecule has 1 heterocycles. The van der Waals surface area contributed by atoms with Crippen molar-refractivity contribution < 1.29 is 4.79 Å². The molecule has 0 bridgehead atoms. The van der Waals surface area contributed by atoms with Gasteiger partial charge in [-0.3, -0.25) is 4.79 Å². The van der Waals surface area contributed by atoms with Crippen molar-refractivity contribution in [3.8, 4) is 11.3 Å². The molecule has 5 aromatic rings. The highest BCUT2D eigenvalue weighted by Crippen LogP contribution is 2.34. The molecule has 1 saturated carbocycles. The monoisotopic (exact) mass is 498 g/mol. The van der Waals surface area contributed by atoms with E-state index in [1.165, 1.54) is 24.8 Å². The molecular formula is C33H30N4O. The minimum Gasteiger partial charge on any atom is -0.324 e. The van der Waals surface area contributed by atoms with E-state index in [1.807, 2.05) is 73.7 Å². The maximum atomic E-state index is 13.0. The van der Waals surface area contributed by atoms with Crippen LogP contribution >= 0.6 is 0 Å². The van der Waals surface area contributed by atoms with Crippen molar-refractivity contribution in [1.82, 2.24) is 9.97 Å². The second kappa shape index (κ2) is 10.5. The average Bonchev–Trinajstić information content (AvgIpc) is 3.78. The summed E-state index contributed by atoms with van der Waals surface area (Å²) in [6, 6.07) is 31.9. The van der Waals surface area contributed by atoms with Gasteiger partial charge in [0.25, 0.3) is 5.91 Å². The van der Waals surface area contributed by atoms with Crippen LogP contribution in [-0.4, -0.2) is 15.9 Å². The van der Waals surface area contributed by atoms with Gasteiger partial charge >= 0.3 is 0 Å². The Kier molecular flexibility index (Phi) is 6.57. The number of para-hydroxylation sites is 1. The molecule has 4 aromatic carbocycles. The second-order valence-corrected chi connectivity index (χ2v) is 10.1. The maximum absolute atomic E-state index is 13.0. The van der Waals surface area contributed by atoms with E-state index in [2.05, 4.69) is 41.0 Å². The quantitative estimate of drug-likeness (QED) is 0.228. The van der Waals surface area contributed by atoms with E-state index >= 15 is 0 Å². The van der Waals surface area contributed by atoms with Crippen molar-refractivity contribution >= 4 is 34.1 Å². The number of hydrogen-bond acceptors (Lipinski definition) is 4. The van der Waals surface area contributed by atoms with Crippen LogP contribution in [0.1, 0.15) is 40.7 Å². The Labute approximate surface area is 223 Å². The van der Waals surface area contributed by atoms with Gasteiger partial charge < -0.3 is 10.6 Å². The number of nitrogens with one attached hydrogen (secondary N) is 2. The number of fused-ring (bicyclic) bond motifs is 1. The van der Waals surface area contributed by atoms with Gasteiger partial charge in [0.15, 0.2) is 0 Å². The second-order valence-electron chi connectivity index (χ2n) is 10.1. The summed E-state index contributed by atoms with van der Waals surface area (Å²) in [5, 5.41) is 7.42. The molecule has 1 aromatic heterocycles. The van der Waals surface area contributed by atoms with Crippen molar-refractivity contribution in [2.24, 2.45) is 5.92 Å². The van der Waals surface area contributed by atoms with Gasteiger partial charge in [-0.05, 0) is 73.2 Å². The summed E-state index contributed by atoms with van der Waals surface area (Å²) in [5.41, 5.74) is 7.42. The fourth-order valence-electron chi connectivity index (χ4n) is 4.71. The lowest BCUT2D eigenvalue weighted by molar-refractivity contribution is 0.102. The van der Waals surface area contributed by atoms with Crippen LogP contribution in [0.3, 0.4) is 0 Å². The number of hydrogen-bond donors (Lipinski definition) is 2. The summed E-state index contributed by atoms with van der Waals surface area (Å²) in [7, 11) is 0. The molecule has 5 nitrogen and oxygen atoms in total. The first-order valence-corrected chi connectivity index (χ1v) is 13.2. The number of carbonyl (C=O) groups excluding carboxylic acids is 1. The zero-order chi connectivity index (χ0) is 25.9. The van der Waals surface area contributed by atoms with Crippen LogP contribution in [-0.2, 0) is 6.42 Å². The number of anilines is 3. The number of aromatic nitrogens is 2. The Bertz CT molecular complexity index is 1590. The van der Waals surface area contributed by atoms with E-state index in [-0.39, 0.29) is 5.91 Å². The first kappa shape index (κ1) is 23.9. The first-order chi connectivity index (χ1) is 18.6. The Morgan fingerprint density at radius 3 is 2.42 bits per heavy atom. The van der Waals surface area contributed by atoms with Crippen molar-refractivity contribution in [3.63, 3.8) is 0 Å². The van der Waals surface area contributed by atoms with E-state index in [0.29, 0.717) is 11.5 Å². The van der Waals surface area contributed by atoms with Crippen molar-refractivity contribution in [2.75, 3.05) is 10.6 Å². The van der Waals surface area contributed by atoms with Gasteiger partial charge in [0.05, 0.1) is 11.2 Å². The Morgan fingerprint density at radius 2 is 1.63 bits per heavy atom. The molecule has 2 N–H and O–H groups in total. The fourth-order valence-corrected chi connectivity index (χ4v) is 4.71. The lowest BCUT2D eigenvalue weighted by Crippen LogP contribution is -2.13. The van der Waals surface area contributed by atoms with Crippen LogP contribution in [0, 0.1) is 12.8 Å². The van der Waals surface area contributed by atoms with Gasteiger partial charge in [-0.1, -0.05) is 73.5 Å². The Balaban J connectivity index is 1.18. The first-order valence-electron chi connectivity index (χ1n) is 13.2. The minimum atomic E-state index is -0.118. The Morgan fingerprint density at radius 1 is 0.868 bits per heavy atom. The predicted octanol–water partition coefficient (Wildman–Crippen LogP) is 7.94. The molecule has 0 aliphatic heterocycles. The number of benzene rings is 4. The van der Waals surface area contributed by atoms with Crippen LogP contribution < -0.4 is 10.6 Å². The lowest BCUT2D eigenvalue weighted by atomic mass is 10.0. The molecule has 0 radical (unpaired) electrons. The van der Waals surface area contributed by atoms with Gasteiger partial charge in [-0.25, -0.2) is 9.97 Å². The number of carbonyl (C=O) groups is 1. The predicted molar refractivity (Wildman–Crippen MR) is 155 cm³/mol. The summed E-state index contributed by atoms with van der Waals surface area (Å²) >= 11 is 0. The topological polar surface area (TPSA) is 66.9 Å². The van der Waals surface area contributed by atoms with Gasteiger partial charge in [-0.2, -0.15) is 0 Å². The van der Waals surface area contributed by atoms with Crippen LogP contribution in [0.4, 0.5) is 17.3 Å². The van der Waals surface area contributed by atoms with E-state index < -0.39 is 0 Å². The van der Waals surface area contributed by atoms with Crippen LogP contribution in [0.5, 0.6) is 0 Å². The molecule has 1 amide bonds. The van der Waals surface area contributed by atoms with Crippen molar-refractivity contribution in [2.45, 2.75) is 32.6 Å². The molecule has 1 aliphatic rings. The summed E-state index contributed by atoms with van der Waals surface area (Å²) < 4.78 is 0. The van der Waals surface area contributed by atoms with Crippen molar-refractivity contribution in [1.29, 1.82) is 0 Å². The summed E-state index contributed by atoms with van der Waals surface area (Å²) in [4.78, 5) is 22.6. The normalized spacial score (nSPS) is 12.9. The summed E-state index contributed by atoms with van der Waals surface area (Å²) in [6.07, 6.45) is 5.03. The zero-order valence-electron chi connectivity index (χ0n) is 21.4. The summed E-state index contributed by atoms with van der Waals surface area (Å²) in [5.74, 6) is 1.29. The number of aryl methyl sites for hydroxylation is 2. The van der Waals surface area contributed by atoms with Gasteiger partial charge in [0, 0.05) is 27.9 Å². The smallest absolute Gasteiger partial charge is 0.255 e. The van der Waals surface area contributed by atoms with E-state index in [9.17, 15) is 4.79 Å². The molecule has 188 valence electrons. The third-order valence-electron chi connectivity index (χ3n) is 7.14. The largest absolute Gasteiger partial charge is 0.324 e. The lowest BCUT2D eigenvalue weighted by Gasteiger charge is -2.12. The van der Waals surface area contributed by atoms with Gasteiger partial charge in [0.2, 0.25) is 5.95 Å². The molecule has 0 unspecified atom stereocenters. The molecule has 0 spiro atoms. The third kappa shape index (κ3) is 5.42. The molecule has 1 fully saturated rings. The molecule has 1 aliphatic carbocycles. The molecule has 0 saturated heterocycles. The highest BCUT2D eigenvalue weighted by molar-refractivity contribution is 6.05. The van der Waals surface area contributed by atoms with Gasteiger partial charge in [-0.15, -0.1) is 0 Å². The SMILES string of the molecule is Cc1ccc(CCC2CC2)cc1NC(=O)c1ccc(Nc2nc(-c3ccccc3)c3ccccc3n2)cc1. The van der Waals surface area contributed by atoms with Crippen LogP contribution in [0.25, 0.3) is 22.2 Å². The average molecular weight is 499 g/mol. The van der Waals surface area contributed by atoms with E-state index in [4.69, 9.17) is 9.97 Å². The highest BCUT2D eigenvalue weighted by atomic mass is 16.1. The standard InChI is InChI=1S/C33H30N4O/c1-22-11-12-24(16-15-23-13-14-23)21-30(22)35-32(38)26-17-19-27(20-18-26)34-33-36-29-10-6-5-9-28(29)31(37-33)25-7-3-2-4-8-25/h2-12,17-21,23H,13-16H2,1H3,(H,35,38)(H,34,36,37). The molecule has 38 heavy (non-hydrogen) atoms. The zero-order valence-corrected chi connectivity index (χ0v) is 21.4. The maximum Gasteiger partial charge on any atom is 0.255 e. The molecule has 6 rings (SSSR count). The minimum absolute atomic E-state index is 0.118. The number of nitrogens with zero attached hydrogens (tertiary/aromatic N) is 2. The van der Waals surface area contributed by atoms with Crippen LogP contribution in [0.15, 0.2) is 97.1 Å². The highest BCUT2D eigenvalue weighted by Gasteiger charge is 2.20. The van der Waals surface area contributed by atoms with E-state index in [1.54, 1.807) is 0 Å². The summed E-state index contributed by atoms with van der Waals surface area (Å²) in [6.45, 7) is 2.03. The molecular weight excluding hydrogens is 468 g/mol. The number of amides is 1. The molecule has 5 heteroatoms. The Hall–Kier alpha value is -4.51. The van der Waals surface area contributed by atoms with E-state index in [0.717, 1.165) is 51.4 Å². The fraction of sp³-hybridized carbons (Fsp3) is 0.182. The third-order valence-corrected chi connectivity index (χ3v) is 7.14.